The maximum absolute atomic E-state index is 11.2. The zero-order valence-electron chi connectivity index (χ0n) is 8.19. The predicted octanol–water partition coefficient (Wildman–Crippen LogP) is 1.40. The summed E-state index contributed by atoms with van der Waals surface area (Å²) in [5.41, 5.74) is 1.56. The van der Waals surface area contributed by atoms with Crippen molar-refractivity contribution in [3.05, 3.63) is 35.4 Å². The van der Waals surface area contributed by atoms with Gasteiger partial charge in [0.1, 0.15) is 0 Å². The van der Waals surface area contributed by atoms with Crippen molar-refractivity contribution >= 4 is 5.97 Å². The van der Waals surface area contributed by atoms with Crippen LogP contribution in [0.2, 0.25) is 0 Å². The zero-order valence-corrected chi connectivity index (χ0v) is 8.19. The smallest absolute Gasteiger partial charge is 0.338 e. The van der Waals surface area contributed by atoms with Gasteiger partial charge < -0.3 is 9.84 Å². The Kier molecular flexibility index (Phi) is 4.13. The van der Waals surface area contributed by atoms with Crippen molar-refractivity contribution in [3.8, 4) is 0 Å². The first-order chi connectivity index (χ1) is 6.77. The van der Waals surface area contributed by atoms with E-state index in [0.717, 1.165) is 5.56 Å². The molecule has 0 aliphatic rings. The summed E-state index contributed by atoms with van der Waals surface area (Å²) >= 11 is 0. The molecule has 0 amide bonds. The number of hydrogen-bond donors (Lipinski definition) is 1. The molecule has 0 saturated heterocycles. The molecule has 0 fully saturated rings. The van der Waals surface area contributed by atoms with E-state index in [2.05, 4.69) is 0 Å². The van der Waals surface area contributed by atoms with Gasteiger partial charge >= 0.3 is 5.97 Å². The first-order valence-corrected chi connectivity index (χ1v) is 4.65. The number of rotatable bonds is 4. The van der Waals surface area contributed by atoms with Gasteiger partial charge in [0.2, 0.25) is 0 Å². The lowest BCUT2D eigenvalue weighted by Gasteiger charge is -2.02. The predicted molar refractivity (Wildman–Crippen MR) is 53.2 cm³/mol. The van der Waals surface area contributed by atoms with Crippen molar-refractivity contribution in [2.75, 3.05) is 13.2 Å². The van der Waals surface area contributed by atoms with E-state index in [9.17, 15) is 4.79 Å². The average molecular weight is 194 g/mol. The van der Waals surface area contributed by atoms with Gasteiger partial charge in [0.25, 0.3) is 0 Å². The van der Waals surface area contributed by atoms with E-state index < -0.39 is 0 Å². The second-order valence-electron chi connectivity index (χ2n) is 2.89. The van der Waals surface area contributed by atoms with Crippen LogP contribution in [0.1, 0.15) is 22.8 Å². The summed E-state index contributed by atoms with van der Waals surface area (Å²) in [6, 6.07) is 7.07. The minimum atomic E-state index is -0.303. The molecule has 3 nitrogen and oxygen atoms in total. The number of benzene rings is 1. The van der Waals surface area contributed by atoms with Crippen LogP contribution in [0.15, 0.2) is 24.3 Å². The van der Waals surface area contributed by atoms with Gasteiger partial charge in [-0.25, -0.2) is 4.79 Å². The minimum absolute atomic E-state index is 0.124. The fraction of sp³-hybridized carbons (Fsp3) is 0.364. The molecule has 0 heterocycles. The molecule has 1 aromatic rings. The first kappa shape index (κ1) is 10.7. The third-order valence-electron chi connectivity index (χ3n) is 1.87. The van der Waals surface area contributed by atoms with Crippen LogP contribution < -0.4 is 0 Å². The van der Waals surface area contributed by atoms with Crippen molar-refractivity contribution in [2.24, 2.45) is 0 Å². The quantitative estimate of drug-likeness (QED) is 0.737. The first-order valence-electron chi connectivity index (χ1n) is 4.65. The average Bonchev–Trinajstić information content (AvgIpc) is 2.20. The fourth-order valence-corrected chi connectivity index (χ4v) is 1.15. The van der Waals surface area contributed by atoms with Gasteiger partial charge in [0.15, 0.2) is 0 Å². The van der Waals surface area contributed by atoms with Crippen molar-refractivity contribution in [1.82, 2.24) is 0 Å². The second-order valence-corrected chi connectivity index (χ2v) is 2.89. The van der Waals surface area contributed by atoms with Crippen LogP contribution >= 0.6 is 0 Å². The fourth-order valence-electron chi connectivity index (χ4n) is 1.15. The molecule has 3 heteroatoms. The van der Waals surface area contributed by atoms with Gasteiger partial charge in [-0.3, -0.25) is 0 Å². The van der Waals surface area contributed by atoms with E-state index >= 15 is 0 Å². The van der Waals surface area contributed by atoms with Crippen LogP contribution in [0.4, 0.5) is 0 Å². The van der Waals surface area contributed by atoms with Crippen molar-refractivity contribution < 1.29 is 14.6 Å². The van der Waals surface area contributed by atoms with Gasteiger partial charge in [0, 0.05) is 6.61 Å². The van der Waals surface area contributed by atoms with Crippen LogP contribution in [-0.4, -0.2) is 24.3 Å². The summed E-state index contributed by atoms with van der Waals surface area (Å²) in [5.74, 6) is -0.303. The van der Waals surface area contributed by atoms with Gasteiger partial charge in [-0.15, -0.1) is 0 Å². The van der Waals surface area contributed by atoms with Crippen LogP contribution in [0, 0.1) is 0 Å². The maximum atomic E-state index is 11.2. The second kappa shape index (κ2) is 5.40. The van der Waals surface area contributed by atoms with Crippen LogP contribution in [0.25, 0.3) is 0 Å². The molecule has 0 radical (unpaired) electrons. The van der Waals surface area contributed by atoms with E-state index in [0.29, 0.717) is 18.6 Å². The number of hydrogen-bond acceptors (Lipinski definition) is 3. The Morgan fingerprint density at radius 2 is 2.00 bits per heavy atom. The van der Waals surface area contributed by atoms with E-state index in [4.69, 9.17) is 9.84 Å². The highest BCUT2D eigenvalue weighted by Crippen LogP contribution is 2.06. The number of aliphatic hydroxyl groups excluding tert-OH is 1. The zero-order chi connectivity index (χ0) is 10.4. The summed E-state index contributed by atoms with van der Waals surface area (Å²) in [7, 11) is 0. The van der Waals surface area contributed by atoms with E-state index in [1.807, 2.05) is 12.1 Å². The summed E-state index contributed by atoms with van der Waals surface area (Å²) in [5, 5.41) is 8.69. The Labute approximate surface area is 83.3 Å². The Balaban J connectivity index is 2.67. The molecule has 0 unspecified atom stereocenters. The standard InChI is InChI=1S/C11H14O3/c1-2-14-11(13)10-5-3-9(4-6-10)7-8-12/h3-6,12H,2,7-8H2,1H3. The minimum Gasteiger partial charge on any atom is -0.462 e. The summed E-state index contributed by atoms with van der Waals surface area (Å²) in [6.07, 6.45) is 0.614. The monoisotopic (exact) mass is 194 g/mol. The molecule has 1 rings (SSSR count). The molecule has 0 aliphatic heterocycles. The molecule has 0 aromatic heterocycles. The molecule has 0 saturated carbocycles. The number of carbonyl (C=O) groups excluding carboxylic acids is 1. The maximum Gasteiger partial charge on any atom is 0.338 e. The van der Waals surface area contributed by atoms with Gasteiger partial charge in [-0.1, -0.05) is 12.1 Å². The largest absolute Gasteiger partial charge is 0.462 e. The molecule has 0 atom stereocenters. The third kappa shape index (κ3) is 2.85. The third-order valence-corrected chi connectivity index (χ3v) is 1.87. The molecular weight excluding hydrogens is 180 g/mol. The van der Waals surface area contributed by atoms with Gasteiger partial charge in [-0.2, -0.15) is 0 Å². The molecule has 0 bridgehead atoms. The summed E-state index contributed by atoms with van der Waals surface area (Å²) in [6.45, 7) is 2.29. The lowest BCUT2D eigenvalue weighted by molar-refractivity contribution is 0.0526. The lowest BCUT2D eigenvalue weighted by atomic mass is 10.1. The molecular formula is C11H14O3. The summed E-state index contributed by atoms with van der Waals surface area (Å²) in [4.78, 5) is 11.2. The Morgan fingerprint density at radius 1 is 1.36 bits per heavy atom. The number of carbonyl (C=O) groups is 1. The van der Waals surface area contributed by atoms with E-state index in [1.165, 1.54) is 0 Å². The number of aliphatic hydroxyl groups is 1. The van der Waals surface area contributed by atoms with Crippen LogP contribution in [0.5, 0.6) is 0 Å². The van der Waals surface area contributed by atoms with Gasteiger partial charge in [0.05, 0.1) is 12.2 Å². The highest BCUT2D eigenvalue weighted by Gasteiger charge is 2.04. The van der Waals surface area contributed by atoms with Gasteiger partial charge in [-0.05, 0) is 31.0 Å². The summed E-state index contributed by atoms with van der Waals surface area (Å²) < 4.78 is 4.84. The molecule has 1 aromatic carbocycles. The molecule has 0 spiro atoms. The Hall–Kier alpha value is -1.35. The number of ether oxygens (including phenoxy) is 1. The number of esters is 1. The topological polar surface area (TPSA) is 46.5 Å². The van der Waals surface area contributed by atoms with Crippen molar-refractivity contribution in [2.45, 2.75) is 13.3 Å². The van der Waals surface area contributed by atoms with E-state index in [-0.39, 0.29) is 12.6 Å². The Morgan fingerprint density at radius 3 is 2.50 bits per heavy atom. The molecule has 14 heavy (non-hydrogen) atoms. The molecule has 76 valence electrons. The molecule has 1 N–H and O–H groups in total. The van der Waals surface area contributed by atoms with Crippen LogP contribution in [0.3, 0.4) is 0 Å². The molecule has 0 aliphatic carbocycles. The Bertz CT molecular complexity index is 290. The van der Waals surface area contributed by atoms with Crippen molar-refractivity contribution in [1.29, 1.82) is 0 Å². The SMILES string of the molecule is CCOC(=O)c1ccc(CCO)cc1. The normalized spacial score (nSPS) is 9.86. The van der Waals surface area contributed by atoms with E-state index in [1.54, 1.807) is 19.1 Å². The highest BCUT2D eigenvalue weighted by atomic mass is 16.5. The van der Waals surface area contributed by atoms with Crippen molar-refractivity contribution in [3.63, 3.8) is 0 Å². The van der Waals surface area contributed by atoms with Crippen LogP contribution in [-0.2, 0) is 11.2 Å². The lowest BCUT2D eigenvalue weighted by Crippen LogP contribution is -2.04. The highest BCUT2D eigenvalue weighted by molar-refractivity contribution is 5.89.